The van der Waals surface area contributed by atoms with Gasteiger partial charge in [0.1, 0.15) is 11.5 Å². The van der Waals surface area contributed by atoms with E-state index in [2.05, 4.69) is 15.5 Å². The molecule has 0 aliphatic carbocycles. The van der Waals surface area contributed by atoms with Crippen molar-refractivity contribution in [2.24, 2.45) is 10.2 Å². The molecule has 2 aromatic carbocycles. The molecule has 1 amide bonds. The van der Waals surface area contributed by atoms with Crippen molar-refractivity contribution >= 4 is 29.1 Å². The molecule has 1 aliphatic heterocycles. The van der Waals surface area contributed by atoms with Crippen molar-refractivity contribution in [2.45, 2.75) is 11.7 Å². The SMILES string of the molecule is COc1ccc(C[C@H]2SC(=N/N=C\c3ccccc3O)NC2=O)cc1. The van der Waals surface area contributed by atoms with Gasteiger partial charge in [0.05, 0.1) is 18.6 Å². The maximum atomic E-state index is 12.1. The van der Waals surface area contributed by atoms with Crippen LogP contribution in [0, 0.1) is 0 Å². The van der Waals surface area contributed by atoms with Gasteiger partial charge >= 0.3 is 0 Å². The lowest BCUT2D eigenvalue weighted by Gasteiger charge is -2.06. The molecule has 1 heterocycles. The minimum Gasteiger partial charge on any atom is -0.507 e. The summed E-state index contributed by atoms with van der Waals surface area (Å²) in [6, 6.07) is 14.5. The van der Waals surface area contributed by atoms with E-state index in [1.165, 1.54) is 18.0 Å². The van der Waals surface area contributed by atoms with Crippen molar-refractivity contribution in [1.29, 1.82) is 0 Å². The number of nitrogens with one attached hydrogen (secondary N) is 1. The summed E-state index contributed by atoms with van der Waals surface area (Å²) in [5, 5.41) is 20.5. The Balaban J connectivity index is 1.62. The van der Waals surface area contributed by atoms with E-state index in [9.17, 15) is 9.90 Å². The van der Waals surface area contributed by atoms with E-state index >= 15 is 0 Å². The highest BCUT2D eigenvalue weighted by molar-refractivity contribution is 8.15. The lowest BCUT2D eigenvalue weighted by Crippen LogP contribution is -2.25. The third kappa shape index (κ3) is 4.39. The second-order valence-electron chi connectivity index (χ2n) is 5.36. The number of phenolic OH excluding ortho intramolecular Hbond substituents is 1. The van der Waals surface area contributed by atoms with Gasteiger partial charge in [-0.3, -0.25) is 4.79 Å². The lowest BCUT2D eigenvalue weighted by atomic mass is 10.1. The number of para-hydroxylation sites is 1. The Morgan fingerprint density at radius 2 is 2.00 bits per heavy atom. The topological polar surface area (TPSA) is 83.3 Å². The Morgan fingerprint density at radius 3 is 2.72 bits per heavy atom. The number of methoxy groups -OCH3 is 1. The van der Waals surface area contributed by atoms with Crippen LogP contribution in [-0.2, 0) is 11.2 Å². The van der Waals surface area contributed by atoms with Crippen LogP contribution in [0.4, 0.5) is 0 Å². The third-order valence-electron chi connectivity index (χ3n) is 3.64. The summed E-state index contributed by atoms with van der Waals surface area (Å²) in [5.41, 5.74) is 1.61. The van der Waals surface area contributed by atoms with Crippen molar-refractivity contribution in [1.82, 2.24) is 5.32 Å². The van der Waals surface area contributed by atoms with Gasteiger partial charge in [0.2, 0.25) is 5.91 Å². The summed E-state index contributed by atoms with van der Waals surface area (Å²) in [6.07, 6.45) is 2.05. The fourth-order valence-electron chi connectivity index (χ4n) is 2.30. The van der Waals surface area contributed by atoms with Gasteiger partial charge in [-0.25, -0.2) is 0 Å². The summed E-state index contributed by atoms with van der Waals surface area (Å²) in [6.45, 7) is 0. The largest absolute Gasteiger partial charge is 0.507 e. The molecule has 2 N–H and O–H groups in total. The highest BCUT2D eigenvalue weighted by Gasteiger charge is 2.30. The van der Waals surface area contributed by atoms with Gasteiger partial charge < -0.3 is 15.2 Å². The molecule has 1 aliphatic rings. The summed E-state index contributed by atoms with van der Waals surface area (Å²) >= 11 is 1.34. The molecule has 0 bridgehead atoms. The van der Waals surface area contributed by atoms with Crippen LogP contribution in [0.5, 0.6) is 11.5 Å². The number of carbonyl (C=O) groups excluding carboxylic acids is 1. The van der Waals surface area contributed by atoms with Crippen LogP contribution in [0.1, 0.15) is 11.1 Å². The molecular weight excluding hydrogens is 338 g/mol. The van der Waals surface area contributed by atoms with Gasteiger partial charge in [0.15, 0.2) is 5.17 Å². The van der Waals surface area contributed by atoms with Gasteiger partial charge in [-0.05, 0) is 36.2 Å². The van der Waals surface area contributed by atoms with Crippen molar-refractivity contribution in [3.05, 3.63) is 59.7 Å². The number of carbonyl (C=O) groups is 1. The number of amidine groups is 1. The molecule has 0 spiro atoms. The van der Waals surface area contributed by atoms with Crippen molar-refractivity contribution in [2.75, 3.05) is 7.11 Å². The molecule has 0 aromatic heterocycles. The van der Waals surface area contributed by atoms with Crippen LogP contribution in [-0.4, -0.2) is 34.8 Å². The minimum absolute atomic E-state index is 0.0858. The van der Waals surface area contributed by atoms with E-state index in [0.717, 1.165) is 11.3 Å². The molecule has 1 fully saturated rings. The first-order valence-corrected chi connectivity index (χ1v) is 8.53. The molecule has 0 radical (unpaired) electrons. The molecule has 6 nitrogen and oxygen atoms in total. The fourth-order valence-corrected chi connectivity index (χ4v) is 3.27. The predicted molar refractivity (Wildman–Crippen MR) is 99.4 cm³/mol. The third-order valence-corrected chi connectivity index (χ3v) is 4.71. The Labute approximate surface area is 149 Å². The highest BCUT2D eigenvalue weighted by Crippen LogP contribution is 2.24. The quantitative estimate of drug-likeness (QED) is 0.638. The first-order valence-electron chi connectivity index (χ1n) is 7.65. The van der Waals surface area contributed by atoms with E-state index in [4.69, 9.17) is 4.74 Å². The Kier molecular flexibility index (Phi) is 5.35. The molecule has 3 rings (SSSR count). The molecule has 2 aromatic rings. The second-order valence-corrected chi connectivity index (χ2v) is 6.55. The number of rotatable bonds is 5. The van der Waals surface area contributed by atoms with Gasteiger partial charge in [-0.2, -0.15) is 5.10 Å². The molecule has 1 atom stereocenters. The summed E-state index contributed by atoms with van der Waals surface area (Å²) < 4.78 is 5.13. The number of hydrogen-bond acceptors (Lipinski definition) is 6. The molecule has 0 saturated carbocycles. The predicted octanol–water partition coefficient (Wildman–Crippen LogP) is 2.57. The van der Waals surface area contributed by atoms with Crippen LogP contribution in [0.15, 0.2) is 58.7 Å². The summed E-state index contributed by atoms with van der Waals surface area (Å²) in [5.74, 6) is 0.831. The number of thioether (sulfide) groups is 1. The minimum atomic E-state index is -0.243. The van der Waals surface area contributed by atoms with Crippen LogP contribution in [0.3, 0.4) is 0 Å². The first kappa shape index (κ1) is 17.0. The zero-order valence-electron chi connectivity index (χ0n) is 13.5. The zero-order valence-corrected chi connectivity index (χ0v) is 14.4. The number of aromatic hydroxyl groups is 1. The first-order chi connectivity index (χ1) is 12.2. The number of hydrogen-bond donors (Lipinski definition) is 2. The van der Waals surface area contributed by atoms with Gasteiger partial charge in [0, 0.05) is 5.56 Å². The number of nitrogens with zero attached hydrogens (tertiary/aromatic N) is 2. The molecule has 128 valence electrons. The normalized spacial score (nSPS) is 18.7. The van der Waals surface area contributed by atoms with Gasteiger partial charge in [0.25, 0.3) is 0 Å². The average Bonchev–Trinajstić information content (AvgIpc) is 2.97. The van der Waals surface area contributed by atoms with E-state index in [1.807, 2.05) is 24.3 Å². The van der Waals surface area contributed by atoms with Crippen LogP contribution < -0.4 is 10.1 Å². The fraction of sp³-hybridized carbons (Fsp3) is 0.167. The number of amides is 1. The van der Waals surface area contributed by atoms with Crippen LogP contribution in [0.2, 0.25) is 0 Å². The molecular formula is C18H17N3O3S. The number of ether oxygens (including phenoxy) is 1. The van der Waals surface area contributed by atoms with Crippen LogP contribution in [0.25, 0.3) is 0 Å². The van der Waals surface area contributed by atoms with Crippen molar-refractivity contribution in [3.63, 3.8) is 0 Å². The Hall–Kier alpha value is -2.80. The highest BCUT2D eigenvalue weighted by atomic mass is 32.2. The number of benzene rings is 2. The van der Waals surface area contributed by atoms with E-state index in [1.54, 1.807) is 31.4 Å². The van der Waals surface area contributed by atoms with Gasteiger partial charge in [-0.15, -0.1) is 5.10 Å². The van der Waals surface area contributed by atoms with Crippen molar-refractivity contribution < 1.29 is 14.6 Å². The Bertz CT molecular complexity index is 819. The molecule has 25 heavy (non-hydrogen) atoms. The zero-order chi connectivity index (χ0) is 17.6. The average molecular weight is 355 g/mol. The standard InChI is InChI=1S/C18H17N3O3S/c1-24-14-8-6-12(7-9-14)10-16-17(23)20-18(25-16)21-19-11-13-4-2-3-5-15(13)22/h2-9,11,16,22H,10H2,1H3,(H,20,21,23)/b19-11-/t16-/m1/s1. The molecule has 1 saturated heterocycles. The monoisotopic (exact) mass is 355 g/mol. The lowest BCUT2D eigenvalue weighted by molar-refractivity contribution is -0.118. The summed E-state index contributed by atoms with van der Waals surface area (Å²) in [7, 11) is 1.62. The molecule has 0 unspecified atom stereocenters. The summed E-state index contributed by atoms with van der Waals surface area (Å²) in [4.78, 5) is 12.1. The number of phenols is 1. The second kappa shape index (κ2) is 7.85. The smallest absolute Gasteiger partial charge is 0.239 e. The van der Waals surface area contributed by atoms with Crippen molar-refractivity contribution in [3.8, 4) is 11.5 Å². The Morgan fingerprint density at radius 1 is 1.24 bits per heavy atom. The molecule has 7 heteroatoms. The van der Waals surface area contributed by atoms with Gasteiger partial charge in [-0.1, -0.05) is 36.0 Å². The van der Waals surface area contributed by atoms with E-state index < -0.39 is 0 Å². The maximum absolute atomic E-state index is 12.1. The maximum Gasteiger partial charge on any atom is 0.239 e. The van der Waals surface area contributed by atoms with E-state index in [0.29, 0.717) is 17.2 Å². The van der Waals surface area contributed by atoms with Crippen LogP contribution >= 0.6 is 11.8 Å². The van der Waals surface area contributed by atoms with E-state index in [-0.39, 0.29) is 16.9 Å².